The molecular formula is C12H14N4. The Morgan fingerprint density at radius 2 is 2.25 bits per heavy atom. The molecule has 1 saturated heterocycles. The summed E-state index contributed by atoms with van der Waals surface area (Å²) in [5.41, 5.74) is 7.09. The summed E-state index contributed by atoms with van der Waals surface area (Å²) in [6.45, 7) is 1.08. The van der Waals surface area contributed by atoms with Gasteiger partial charge in [0.25, 0.3) is 0 Å². The topological polar surface area (TPSA) is 63.8 Å². The van der Waals surface area contributed by atoms with E-state index < -0.39 is 0 Å². The van der Waals surface area contributed by atoms with Gasteiger partial charge in [-0.1, -0.05) is 0 Å². The van der Waals surface area contributed by atoms with E-state index in [1.54, 1.807) is 12.4 Å². The van der Waals surface area contributed by atoms with Crippen LogP contribution in [0.15, 0.2) is 24.7 Å². The number of fused-ring (bicyclic) bond motifs is 1. The van der Waals surface area contributed by atoms with Gasteiger partial charge in [0.1, 0.15) is 5.82 Å². The van der Waals surface area contributed by atoms with Crippen LogP contribution in [-0.4, -0.2) is 16.5 Å². The summed E-state index contributed by atoms with van der Waals surface area (Å²) >= 11 is 0. The molecule has 1 aliphatic rings. The molecule has 3 N–H and O–H groups in total. The quantitative estimate of drug-likeness (QED) is 0.757. The number of pyridine rings is 2. The lowest BCUT2D eigenvalue weighted by Gasteiger charge is -2.13. The molecule has 4 heteroatoms. The van der Waals surface area contributed by atoms with Crippen LogP contribution in [0.5, 0.6) is 0 Å². The average molecular weight is 214 g/mol. The van der Waals surface area contributed by atoms with Gasteiger partial charge in [-0.2, -0.15) is 0 Å². The first-order chi connectivity index (χ1) is 7.86. The van der Waals surface area contributed by atoms with E-state index in [9.17, 15) is 0 Å². The smallest absolute Gasteiger partial charge is 0.132 e. The van der Waals surface area contributed by atoms with Crippen LogP contribution in [0.3, 0.4) is 0 Å². The highest BCUT2D eigenvalue weighted by Gasteiger charge is 2.19. The van der Waals surface area contributed by atoms with Gasteiger partial charge in [0.05, 0.1) is 0 Å². The highest BCUT2D eigenvalue weighted by Crippen LogP contribution is 2.30. The number of nitrogens with zero attached hydrogens (tertiary/aromatic N) is 2. The monoisotopic (exact) mass is 214 g/mol. The van der Waals surface area contributed by atoms with Gasteiger partial charge in [-0.3, -0.25) is 4.98 Å². The van der Waals surface area contributed by atoms with Crippen molar-refractivity contribution in [1.29, 1.82) is 0 Å². The molecule has 0 aliphatic carbocycles. The maximum absolute atomic E-state index is 5.85. The van der Waals surface area contributed by atoms with E-state index in [2.05, 4.69) is 15.3 Å². The van der Waals surface area contributed by atoms with Gasteiger partial charge in [-0.05, 0) is 36.4 Å². The van der Waals surface area contributed by atoms with Crippen molar-refractivity contribution in [2.45, 2.75) is 18.9 Å². The second-order valence-corrected chi connectivity index (χ2v) is 4.17. The Hall–Kier alpha value is -1.68. The fourth-order valence-corrected chi connectivity index (χ4v) is 2.36. The molecular weight excluding hydrogens is 200 g/mol. The molecule has 0 unspecified atom stereocenters. The standard InChI is InChI=1S/C12H14N4/c13-12-10-6-14-5-3-8(10)9(7-16-12)11-2-1-4-15-11/h3,5-7,11,15H,1-2,4H2,(H2,13,16)/t11-/m0/s1. The molecule has 0 spiro atoms. The molecule has 2 aromatic rings. The summed E-state index contributed by atoms with van der Waals surface area (Å²) in [5.74, 6) is 0.560. The molecule has 0 radical (unpaired) electrons. The Bertz CT molecular complexity index is 517. The Kier molecular flexibility index (Phi) is 2.22. The van der Waals surface area contributed by atoms with Gasteiger partial charge in [-0.25, -0.2) is 4.98 Å². The molecule has 3 heterocycles. The highest BCUT2D eigenvalue weighted by atomic mass is 14.9. The number of nitrogens with one attached hydrogen (secondary N) is 1. The van der Waals surface area contributed by atoms with Crippen LogP contribution >= 0.6 is 0 Å². The van der Waals surface area contributed by atoms with Gasteiger partial charge in [0, 0.05) is 30.0 Å². The minimum atomic E-state index is 0.415. The molecule has 0 amide bonds. The lowest BCUT2D eigenvalue weighted by atomic mass is 10.0. The lowest BCUT2D eigenvalue weighted by molar-refractivity contribution is 0.650. The molecule has 82 valence electrons. The van der Waals surface area contributed by atoms with Crippen LogP contribution in [0.2, 0.25) is 0 Å². The molecule has 1 fully saturated rings. The van der Waals surface area contributed by atoms with Gasteiger partial charge in [0.2, 0.25) is 0 Å². The van der Waals surface area contributed by atoms with Crippen LogP contribution in [0.4, 0.5) is 5.82 Å². The third-order valence-electron chi connectivity index (χ3n) is 3.19. The third kappa shape index (κ3) is 1.42. The highest BCUT2D eigenvalue weighted by molar-refractivity contribution is 5.92. The fourth-order valence-electron chi connectivity index (χ4n) is 2.36. The van der Waals surface area contributed by atoms with Gasteiger partial charge >= 0.3 is 0 Å². The molecule has 0 bridgehead atoms. The minimum absolute atomic E-state index is 0.415. The third-order valence-corrected chi connectivity index (χ3v) is 3.19. The molecule has 1 aliphatic heterocycles. The van der Waals surface area contributed by atoms with E-state index in [1.807, 2.05) is 12.3 Å². The maximum Gasteiger partial charge on any atom is 0.132 e. The SMILES string of the molecule is Nc1ncc([C@@H]2CCCN2)c2ccncc12. The minimum Gasteiger partial charge on any atom is -0.383 e. The van der Waals surface area contributed by atoms with Crippen LogP contribution in [0.1, 0.15) is 24.4 Å². The second-order valence-electron chi connectivity index (χ2n) is 4.17. The normalized spacial score (nSPS) is 20.4. The predicted octanol–water partition coefficient (Wildman–Crippen LogP) is 1.64. The van der Waals surface area contributed by atoms with E-state index in [0.29, 0.717) is 11.9 Å². The average Bonchev–Trinajstić information content (AvgIpc) is 2.83. The zero-order valence-electron chi connectivity index (χ0n) is 8.98. The Morgan fingerprint density at radius 3 is 3.06 bits per heavy atom. The summed E-state index contributed by atoms with van der Waals surface area (Å²) < 4.78 is 0. The molecule has 0 aromatic carbocycles. The van der Waals surface area contributed by atoms with E-state index in [-0.39, 0.29) is 0 Å². The Morgan fingerprint density at radius 1 is 1.31 bits per heavy atom. The van der Waals surface area contributed by atoms with Crippen molar-refractivity contribution >= 4 is 16.6 Å². The number of hydrogen-bond acceptors (Lipinski definition) is 4. The molecule has 2 aromatic heterocycles. The van der Waals surface area contributed by atoms with Crippen LogP contribution < -0.4 is 11.1 Å². The van der Waals surface area contributed by atoms with Crippen molar-refractivity contribution in [3.05, 3.63) is 30.2 Å². The Labute approximate surface area is 93.9 Å². The number of hydrogen-bond donors (Lipinski definition) is 2. The van der Waals surface area contributed by atoms with Gasteiger partial charge in [-0.15, -0.1) is 0 Å². The molecule has 0 saturated carbocycles. The van der Waals surface area contributed by atoms with Crippen molar-refractivity contribution in [3.63, 3.8) is 0 Å². The molecule has 16 heavy (non-hydrogen) atoms. The first-order valence-corrected chi connectivity index (χ1v) is 5.58. The predicted molar refractivity (Wildman–Crippen MR) is 63.9 cm³/mol. The first kappa shape index (κ1) is 9.54. The van der Waals surface area contributed by atoms with Crippen molar-refractivity contribution < 1.29 is 0 Å². The zero-order chi connectivity index (χ0) is 11.0. The van der Waals surface area contributed by atoms with E-state index in [4.69, 9.17) is 5.73 Å². The lowest BCUT2D eigenvalue weighted by Crippen LogP contribution is -2.13. The van der Waals surface area contributed by atoms with Gasteiger partial charge < -0.3 is 11.1 Å². The number of nitrogens with two attached hydrogens (primary N) is 1. The van der Waals surface area contributed by atoms with Crippen molar-refractivity contribution in [2.75, 3.05) is 12.3 Å². The molecule has 4 nitrogen and oxygen atoms in total. The van der Waals surface area contributed by atoms with E-state index >= 15 is 0 Å². The van der Waals surface area contributed by atoms with Crippen LogP contribution in [0.25, 0.3) is 10.8 Å². The number of aromatic nitrogens is 2. The van der Waals surface area contributed by atoms with Crippen LogP contribution in [0, 0.1) is 0 Å². The molecule has 3 rings (SSSR count). The summed E-state index contributed by atoms with van der Waals surface area (Å²) in [4.78, 5) is 8.35. The van der Waals surface area contributed by atoms with Crippen LogP contribution in [-0.2, 0) is 0 Å². The number of nitrogen functional groups attached to an aromatic ring is 1. The maximum atomic E-state index is 5.85. The number of rotatable bonds is 1. The van der Waals surface area contributed by atoms with Crippen molar-refractivity contribution in [2.24, 2.45) is 0 Å². The second kappa shape index (κ2) is 3.72. The Balaban J connectivity index is 2.21. The largest absolute Gasteiger partial charge is 0.383 e. The number of anilines is 1. The van der Waals surface area contributed by atoms with Crippen molar-refractivity contribution in [1.82, 2.24) is 15.3 Å². The summed E-state index contributed by atoms with van der Waals surface area (Å²) in [6.07, 6.45) is 7.88. The summed E-state index contributed by atoms with van der Waals surface area (Å²) in [7, 11) is 0. The van der Waals surface area contributed by atoms with E-state index in [0.717, 1.165) is 11.9 Å². The summed E-state index contributed by atoms with van der Waals surface area (Å²) in [5, 5.41) is 5.60. The van der Waals surface area contributed by atoms with Gasteiger partial charge in [0.15, 0.2) is 0 Å². The fraction of sp³-hybridized carbons (Fsp3) is 0.333. The zero-order valence-corrected chi connectivity index (χ0v) is 8.98. The summed E-state index contributed by atoms with van der Waals surface area (Å²) in [6, 6.07) is 2.43. The van der Waals surface area contributed by atoms with E-state index in [1.165, 1.54) is 23.8 Å². The molecule has 1 atom stereocenters. The first-order valence-electron chi connectivity index (χ1n) is 5.58. The van der Waals surface area contributed by atoms with Crippen molar-refractivity contribution in [3.8, 4) is 0 Å².